The van der Waals surface area contributed by atoms with Crippen LogP contribution in [0.1, 0.15) is 90.9 Å². The molecule has 0 aliphatic rings. The molecule has 0 aliphatic heterocycles. The van der Waals surface area contributed by atoms with E-state index >= 15 is 0 Å². The van der Waals surface area contributed by atoms with Gasteiger partial charge < -0.3 is 10.4 Å². The first-order valence-electron chi connectivity index (χ1n) is 9.90. The molecule has 1 atom stereocenters. The van der Waals surface area contributed by atoms with Crippen LogP contribution in [-0.2, 0) is 9.59 Å². The molecule has 4 nitrogen and oxygen atoms in total. The van der Waals surface area contributed by atoms with E-state index in [-0.39, 0.29) is 5.91 Å². The lowest BCUT2D eigenvalue weighted by Crippen LogP contribution is -2.38. The van der Waals surface area contributed by atoms with E-state index in [9.17, 15) is 9.59 Å². The fourth-order valence-electron chi connectivity index (χ4n) is 2.47. The van der Waals surface area contributed by atoms with Gasteiger partial charge in [0.1, 0.15) is 6.04 Å². The molecule has 0 saturated carbocycles. The van der Waals surface area contributed by atoms with Crippen LogP contribution in [-0.4, -0.2) is 23.0 Å². The third kappa shape index (κ3) is 17.0. The van der Waals surface area contributed by atoms with Gasteiger partial charge in [-0.05, 0) is 45.4 Å². The molecule has 0 saturated heterocycles. The second-order valence-corrected chi connectivity index (χ2v) is 6.61. The highest BCUT2D eigenvalue weighted by Gasteiger charge is 2.12. The number of amides is 1. The van der Waals surface area contributed by atoms with E-state index in [2.05, 4.69) is 36.5 Å². The molecule has 2 N–H and O–H groups in total. The summed E-state index contributed by atoms with van der Waals surface area (Å²) in [5.74, 6) is -1.16. The Morgan fingerprint density at radius 1 is 0.880 bits per heavy atom. The number of rotatable bonds is 16. The fourth-order valence-corrected chi connectivity index (χ4v) is 2.47. The number of aliphatic carboxylic acids is 1. The van der Waals surface area contributed by atoms with Gasteiger partial charge in [-0.1, -0.05) is 63.3 Å². The van der Waals surface area contributed by atoms with Crippen molar-refractivity contribution in [3.63, 3.8) is 0 Å². The number of unbranched alkanes of at least 4 members (excludes halogenated alkanes) is 8. The highest BCUT2D eigenvalue weighted by molar-refractivity contribution is 5.83. The Bertz CT molecular complexity index is 402. The molecule has 0 bridgehead atoms. The maximum atomic E-state index is 11.5. The van der Waals surface area contributed by atoms with Crippen molar-refractivity contribution < 1.29 is 14.7 Å². The van der Waals surface area contributed by atoms with Crippen LogP contribution in [0.3, 0.4) is 0 Å². The van der Waals surface area contributed by atoms with Gasteiger partial charge in [0.05, 0.1) is 0 Å². The van der Waals surface area contributed by atoms with Crippen LogP contribution >= 0.6 is 0 Å². The topological polar surface area (TPSA) is 66.4 Å². The minimum atomic E-state index is -0.992. The molecular formula is C21H37NO3. The maximum absolute atomic E-state index is 11.5. The Kier molecular flexibility index (Phi) is 16.2. The predicted octanol–water partition coefficient (Wildman–Crippen LogP) is 5.39. The van der Waals surface area contributed by atoms with Crippen molar-refractivity contribution in [2.24, 2.45) is 0 Å². The van der Waals surface area contributed by atoms with Crippen LogP contribution in [0.15, 0.2) is 24.3 Å². The molecule has 0 radical (unpaired) electrons. The number of carbonyl (C=O) groups is 2. The predicted molar refractivity (Wildman–Crippen MR) is 105 cm³/mol. The summed E-state index contributed by atoms with van der Waals surface area (Å²) in [6.45, 7) is 3.71. The molecule has 0 heterocycles. The van der Waals surface area contributed by atoms with Crippen LogP contribution in [0.25, 0.3) is 0 Å². The molecular weight excluding hydrogens is 314 g/mol. The zero-order valence-electron chi connectivity index (χ0n) is 16.1. The third-order valence-corrected chi connectivity index (χ3v) is 4.10. The van der Waals surface area contributed by atoms with Crippen molar-refractivity contribution >= 4 is 11.9 Å². The second kappa shape index (κ2) is 17.2. The van der Waals surface area contributed by atoms with E-state index < -0.39 is 12.0 Å². The zero-order valence-corrected chi connectivity index (χ0v) is 16.1. The van der Waals surface area contributed by atoms with E-state index in [1.807, 2.05) is 0 Å². The number of carboxylic acid groups (broad SMARTS) is 1. The summed E-state index contributed by atoms with van der Waals surface area (Å²) in [6, 6.07) is -0.800. The van der Waals surface area contributed by atoms with Gasteiger partial charge in [-0.15, -0.1) is 0 Å². The average Bonchev–Trinajstić information content (AvgIpc) is 2.58. The van der Waals surface area contributed by atoms with E-state index in [1.165, 1.54) is 45.4 Å². The van der Waals surface area contributed by atoms with E-state index in [0.717, 1.165) is 32.1 Å². The number of hydrogen-bond donors (Lipinski definition) is 2. The number of hydrogen-bond acceptors (Lipinski definition) is 2. The minimum absolute atomic E-state index is 0.166. The minimum Gasteiger partial charge on any atom is -0.480 e. The van der Waals surface area contributed by atoms with Gasteiger partial charge in [0.2, 0.25) is 5.91 Å². The van der Waals surface area contributed by atoms with Gasteiger partial charge in [0.25, 0.3) is 0 Å². The number of carboxylic acids is 1. The summed E-state index contributed by atoms with van der Waals surface area (Å²) in [6.07, 6.45) is 22.1. The number of nitrogens with one attached hydrogen (secondary N) is 1. The van der Waals surface area contributed by atoms with Crippen molar-refractivity contribution in [3.05, 3.63) is 24.3 Å². The smallest absolute Gasteiger partial charge is 0.325 e. The van der Waals surface area contributed by atoms with Gasteiger partial charge in [-0.3, -0.25) is 9.59 Å². The summed E-state index contributed by atoms with van der Waals surface area (Å²) in [5, 5.41) is 11.2. The standard InChI is InChI=1S/C21H37NO3/c1-3-4-5-6-7-8-9-10-11-12-13-14-15-16-17-18-20(23)22-19(2)21(24)25/h7-8,10-11,19H,3-6,9,12-18H2,1-2H3,(H,22,23)(H,24,25)/b8-7+,11-10+/t19-/m0/s1. The molecule has 0 fully saturated rings. The van der Waals surface area contributed by atoms with Crippen LogP contribution in [0.2, 0.25) is 0 Å². The van der Waals surface area contributed by atoms with Crippen molar-refractivity contribution in [1.82, 2.24) is 5.32 Å². The van der Waals surface area contributed by atoms with Gasteiger partial charge >= 0.3 is 5.97 Å². The Labute approximate surface area is 153 Å². The van der Waals surface area contributed by atoms with Crippen molar-refractivity contribution in [2.45, 2.75) is 96.9 Å². The Hall–Kier alpha value is -1.58. The largest absolute Gasteiger partial charge is 0.480 e. The molecule has 144 valence electrons. The first-order chi connectivity index (χ1) is 12.1. The van der Waals surface area contributed by atoms with Gasteiger partial charge in [0.15, 0.2) is 0 Å². The Balaban J connectivity index is 3.37. The lowest BCUT2D eigenvalue weighted by atomic mass is 10.1. The molecule has 0 aromatic heterocycles. The first kappa shape index (κ1) is 23.4. The Morgan fingerprint density at radius 3 is 2.04 bits per heavy atom. The fraction of sp³-hybridized carbons (Fsp3) is 0.714. The highest BCUT2D eigenvalue weighted by Crippen LogP contribution is 2.08. The quantitative estimate of drug-likeness (QED) is 0.289. The molecule has 0 spiro atoms. The Morgan fingerprint density at radius 2 is 1.44 bits per heavy atom. The molecule has 0 rings (SSSR count). The van der Waals surface area contributed by atoms with Gasteiger partial charge in [0, 0.05) is 6.42 Å². The van der Waals surface area contributed by atoms with Crippen LogP contribution in [0.5, 0.6) is 0 Å². The van der Waals surface area contributed by atoms with E-state index in [1.54, 1.807) is 0 Å². The average molecular weight is 352 g/mol. The normalized spacial score (nSPS) is 12.7. The van der Waals surface area contributed by atoms with Crippen molar-refractivity contribution in [1.29, 1.82) is 0 Å². The lowest BCUT2D eigenvalue weighted by Gasteiger charge is -2.08. The lowest BCUT2D eigenvalue weighted by molar-refractivity contribution is -0.141. The highest BCUT2D eigenvalue weighted by atomic mass is 16.4. The summed E-state index contributed by atoms with van der Waals surface area (Å²) in [7, 11) is 0. The molecule has 0 aromatic carbocycles. The van der Waals surface area contributed by atoms with E-state index in [0.29, 0.717) is 6.42 Å². The summed E-state index contributed by atoms with van der Waals surface area (Å²) in [4.78, 5) is 22.1. The molecule has 25 heavy (non-hydrogen) atoms. The number of allylic oxidation sites excluding steroid dienone is 4. The maximum Gasteiger partial charge on any atom is 0.325 e. The van der Waals surface area contributed by atoms with Crippen LogP contribution in [0, 0.1) is 0 Å². The SMILES string of the molecule is CCCCC/C=C/C/C=C/CCCCCCCC(=O)N[C@@H](C)C(=O)O. The number of carbonyl (C=O) groups excluding carboxylic acids is 1. The molecule has 0 aliphatic carbocycles. The third-order valence-electron chi connectivity index (χ3n) is 4.10. The van der Waals surface area contributed by atoms with Crippen LogP contribution < -0.4 is 5.32 Å². The van der Waals surface area contributed by atoms with Crippen molar-refractivity contribution in [2.75, 3.05) is 0 Å². The summed E-state index contributed by atoms with van der Waals surface area (Å²) < 4.78 is 0. The molecule has 4 heteroatoms. The monoisotopic (exact) mass is 351 g/mol. The zero-order chi connectivity index (χ0) is 18.8. The van der Waals surface area contributed by atoms with Gasteiger partial charge in [-0.25, -0.2) is 0 Å². The van der Waals surface area contributed by atoms with E-state index in [4.69, 9.17) is 5.11 Å². The van der Waals surface area contributed by atoms with Crippen molar-refractivity contribution in [3.8, 4) is 0 Å². The summed E-state index contributed by atoms with van der Waals surface area (Å²) in [5.41, 5.74) is 0. The second-order valence-electron chi connectivity index (χ2n) is 6.61. The van der Waals surface area contributed by atoms with Crippen LogP contribution in [0.4, 0.5) is 0 Å². The molecule has 1 amide bonds. The molecule has 0 aromatic rings. The first-order valence-corrected chi connectivity index (χ1v) is 9.90. The molecule has 0 unspecified atom stereocenters. The summed E-state index contributed by atoms with van der Waals surface area (Å²) >= 11 is 0. The van der Waals surface area contributed by atoms with Gasteiger partial charge in [-0.2, -0.15) is 0 Å².